The molecular weight excluding hydrogens is 232 g/mol. The number of carboxylic acids is 1. The summed E-state index contributed by atoms with van der Waals surface area (Å²) in [5.41, 5.74) is 1.75. The van der Waals surface area contributed by atoms with Crippen molar-refractivity contribution in [1.29, 1.82) is 0 Å². The highest BCUT2D eigenvalue weighted by Crippen LogP contribution is 2.25. The van der Waals surface area contributed by atoms with Crippen molar-refractivity contribution in [2.75, 3.05) is 6.61 Å². The van der Waals surface area contributed by atoms with Gasteiger partial charge in [-0.15, -0.1) is 0 Å². The van der Waals surface area contributed by atoms with Crippen LogP contribution in [-0.2, 0) is 4.79 Å². The molecule has 2 N–H and O–H groups in total. The predicted octanol–water partition coefficient (Wildman–Crippen LogP) is 2.22. The van der Waals surface area contributed by atoms with E-state index in [0.29, 0.717) is 5.75 Å². The fourth-order valence-electron chi connectivity index (χ4n) is 2.00. The van der Waals surface area contributed by atoms with Crippen molar-refractivity contribution in [1.82, 2.24) is 0 Å². The third-order valence-corrected chi connectivity index (χ3v) is 2.66. The van der Waals surface area contributed by atoms with Crippen LogP contribution in [-0.4, -0.2) is 28.4 Å². The highest BCUT2D eigenvalue weighted by Gasteiger charge is 2.25. The molecular formula is C14H20O4. The van der Waals surface area contributed by atoms with Crippen LogP contribution in [0, 0.1) is 20.8 Å². The Bertz CT molecular complexity index is 426. The van der Waals surface area contributed by atoms with E-state index in [-0.39, 0.29) is 13.0 Å². The zero-order chi connectivity index (χ0) is 13.9. The normalized spacial score (nSPS) is 14.1. The molecule has 1 aromatic carbocycles. The van der Waals surface area contributed by atoms with Crippen molar-refractivity contribution in [2.45, 2.75) is 39.7 Å². The van der Waals surface area contributed by atoms with E-state index >= 15 is 0 Å². The van der Waals surface area contributed by atoms with Gasteiger partial charge in [0.05, 0.1) is 6.42 Å². The molecule has 1 atom stereocenters. The number of aryl methyl sites for hydroxylation is 3. The Morgan fingerprint density at radius 3 is 2.22 bits per heavy atom. The van der Waals surface area contributed by atoms with Crippen LogP contribution in [0.25, 0.3) is 0 Å². The summed E-state index contributed by atoms with van der Waals surface area (Å²) >= 11 is 0. The van der Waals surface area contributed by atoms with Gasteiger partial charge in [0.25, 0.3) is 0 Å². The van der Waals surface area contributed by atoms with Crippen LogP contribution in [0.2, 0.25) is 0 Å². The Labute approximate surface area is 107 Å². The molecule has 0 aliphatic heterocycles. The Hall–Kier alpha value is -1.55. The molecule has 0 amide bonds. The molecule has 18 heavy (non-hydrogen) atoms. The maximum Gasteiger partial charge on any atom is 0.306 e. The van der Waals surface area contributed by atoms with Crippen molar-refractivity contribution >= 4 is 5.97 Å². The lowest BCUT2D eigenvalue weighted by Crippen LogP contribution is -2.35. The van der Waals surface area contributed by atoms with Gasteiger partial charge in [-0.25, -0.2) is 0 Å². The highest BCUT2D eigenvalue weighted by atomic mass is 16.5. The zero-order valence-corrected chi connectivity index (χ0v) is 11.3. The van der Waals surface area contributed by atoms with E-state index in [0.717, 1.165) is 16.7 Å². The number of aliphatic hydroxyl groups is 1. The average molecular weight is 252 g/mol. The van der Waals surface area contributed by atoms with E-state index in [1.165, 1.54) is 6.92 Å². The second-order valence-corrected chi connectivity index (χ2v) is 5.08. The van der Waals surface area contributed by atoms with Crippen LogP contribution in [0.1, 0.15) is 30.0 Å². The van der Waals surface area contributed by atoms with E-state index in [4.69, 9.17) is 9.84 Å². The minimum absolute atomic E-state index is 0.0377. The lowest BCUT2D eigenvalue weighted by Gasteiger charge is -2.23. The standard InChI is InChI=1S/C14H20O4/c1-9-5-10(2)13(11(3)6-9)18-8-14(4,17)7-12(15)16/h5-6,17H,7-8H2,1-4H3,(H,15,16). The molecule has 1 unspecified atom stereocenters. The van der Waals surface area contributed by atoms with Crippen molar-refractivity contribution in [2.24, 2.45) is 0 Å². The van der Waals surface area contributed by atoms with Gasteiger partial charge in [-0.05, 0) is 38.8 Å². The minimum Gasteiger partial charge on any atom is -0.490 e. The summed E-state index contributed by atoms with van der Waals surface area (Å²) in [6.07, 6.45) is -0.336. The largest absolute Gasteiger partial charge is 0.490 e. The van der Waals surface area contributed by atoms with Gasteiger partial charge in [0, 0.05) is 0 Å². The molecule has 0 aromatic heterocycles. The number of carbonyl (C=O) groups is 1. The molecule has 1 rings (SSSR count). The summed E-state index contributed by atoms with van der Waals surface area (Å²) in [5, 5.41) is 18.6. The summed E-state index contributed by atoms with van der Waals surface area (Å²) in [7, 11) is 0. The summed E-state index contributed by atoms with van der Waals surface area (Å²) in [6, 6.07) is 3.99. The van der Waals surface area contributed by atoms with E-state index in [1.54, 1.807) is 0 Å². The predicted molar refractivity (Wildman–Crippen MR) is 69.0 cm³/mol. The van der Waals surface area contributed by atoms with Gasteiger partial charge in [0.15, 0.2) is 0 Å². The minimum atomic E-state index is -1.37. The smallest absolute Gasteiger partial charge is 0.306 e. The molecule has 0 aliphatic carbocycles. The Balaban J connectivity index is 2.78. The number of hydrogen-bond acceptors (Lipinski definition) is 3. The highest BCUT2D eigenvalue weighted by molar-refractivity contribution is 5.68. The van der Waals surface area contributed by atoms with Crippen LogP contribution in [0.15, 0.2) is 12.1 Å². The maximum absolute atomic E-state index is 10.6. The summed E-state index contributed by atoms with van der Waals surface area (Å²) < 4.78 is 5.57. The van der Waals surface area contributed by atoms with Crippen molar-refractivity contribution in [3.05, 3.63) is 28.8 Å². The lowest BCUT2D eigenvalue weighted by molar-refractivity contribution is -0.143. The molecule has 0 saturated carbocycles. The molecule has 1 aromatic rings. The first-order chi connectivity index (χ1) is 8.21. The van der Waals surface area contributed by atoms with Crippen molar-refractivity contribution in [3.63, 3.8) is 0 Å². The molecule has 100 valence electrons. The zero-order valence-electron chi connectivity index (χ0n) is 11.3. The topological polar surface area (TPSA) is 66.8 Å². The third kappa shape index (κ3) is 4.04. The second kappa shape index (κ2) is 5.40. The van der Waals surface area contributed by atoms with E-state index in [9.17, 15) is 9.90 Å². The van der Waals surface area contributed by atoms with Gasteiger partial charge in [-0.1, -0.05) is 17.7 Å². The summed E-state index contributed by atoms with van der Waals surface area (Å²) in [6.45, 7) is 7.29. The molecule has 0 spiro atoms. The number of aliphatic carboxylic acids is 1. The molecule has 0 heterocycles. The molecule has 0 aliphatic rings. The Morgan fingerprint density at radius 2 is 1.78 bits per heavy atom. The van der Waals surface area contributed by atoms with Crippen LogP contribution in [0.3, 0.4) is 0 Å². The average Bonchev–Trinajstić information content (AvgIpc) is 2.12. The molecule has 0 bridgehead atoms. The fraction of sp³-hybridized carbons (Fsp3) is 0.500. The van der Waals surface area contributed by atoms with Gasteiger partial charge in [-0.3, -0.25) is 4.79 Å². The van der Waals surface area contributed by atoms with Gasteiger partial charge < -0.3 is 14.9 Å². The SMILES string of the molecule is Cc1cc(C)c(OCC(C)(O)CC(=O)O)c(C)c1. The molecule has 4 heteroatoms. The quantitative estimate of drug-likeness (QED) is 0.843. The summed E-state index contributed by atoms with van der Waals surface area (Å²) in [5.74, 6) is -0.327. The second-order valence-electron chi connectivity index (χ2n) is 5.08. The molecule has 4 nitrogen and oxygen atoms in total. The Morgan fingerprint density at radius 1 is 1.28 bits per heavy atom. The first-order valence-electron chi connectivity index (χ1n) is 5.86. The molecule has 0 radical (unpaired) electrons. The van der Waals surface area contributed by atoms with E-state index < -0.39 is 11.6 Å². The number of rotatable bonds is 5. The van der Waals surface area contributed by atoms with Crippen LogP contribution < -0.4 is 4.74 Å². The van der Waals surface area contributed by atoms with Gasteiger partial charge in [0.1, 0.15) is 18.0 Å². The number of hydrogen-bond donors (Lipinski definition) is 2. The fourth-order valence-corrected chi connectivity index (χ4v) is 2.00. The first-order valence-corrected chi connectivity index (χ1v) is 5.86. The summed E-state index contributed by atoms with van der Waals surface area (Å²) in [4.78, 5) is 10.6. The van der Waals surface area contributed by atoms with Crippen LogP contribution >= 0.6 is 0 Å². The van der Waals surface area contributed by atoms with Crippen molar-refractivity contribution in [3.8, 4) is 5.75 Å². The molecule has 0 fully saturated rings. The number of benzene rings is 1. The maximum atomic E-state index is 10.6. The first kappa shape index (κ1) is 14.5. The monoisotopic (exact) mass is 252 g/mol. The van der Waals surface area contributed by atoms with E-state index in [1.807, 2.05) is 32.9 Å². The number of ether oxygens (including phenoxy) is 1. The number of carboxylic acid groups (broad SMARTS) is 1. The Kier molecular flexibility index (Phi) is 4.35. The molecule has 0 saturated heterocycles. The van der Waals surface area contributed by atoms with Gasteiger partial charge in [-0.2, -0.15) is 0 Å². The van der Waals surface area contributed by atoms with Crippen LogP contribution in [0.4, 0.5) is 0 Å². The van der Waals surface area contributed by atoms with Crippen molar-refractivity contribution < 1.29 is 19.7 Å². The lowest BCUT2D eigenvalue weighted by atomic mass is 10.0. The third-order valence-electron chi connectivity index (χ3n) is 2.66. The van der Waals surface area contributed by atoms with Crippen LogP contribution in [0.5, 0.6) is 5.75 Å². The van der Waals surface area contributed by atoms with Gasteiger partial charge >= 0.3 is 5.97 Å². The van der Waals surface area contributed by atoms with Gasteiger partial charge in [0.2, 0.25) is 0 Å². The van der Waals surface area contributed by atoms with E-state index in [2.05, 4.69) is 0 Å².